The van der Waals surface area contributed by atoms with E-state index in [1.165, 1.54) is 0 Å². The van der Waals surface area contributed by atoms with E-state index >= 15 is 0 Å². The lowest BCUT2D eigenvalue weighted by atomic mass is 8.28. The molecule has 2 aliphatic rings. The van der Waals surface area contributed by atoms with Crippen LogP contribution in [-0.4, -0.2) is 329 Å². The second-order valence-electron chi connectivity index (χ2n) is 18.9. The van der Waals surface area contributed by atoms with Crippen LogP contribution in [0.25, 0.3) is 0 Å². The molecule has 1 atom stereocenters. The van der Waals surface area contributed by atoms with Crippen LogP contribution in [0.5, 0.6) is 28.7 Å². The molecule has 0 fully saturated rings. The van der Waals surface area contributed by atoms with E-state index in [9.17, 15) is 4.79 Å². The van der Waals surface area contributed by atoms with Crippen molar-refractivity contribution >= 4 is 275 Å². The molecule has 2 aromatic carbocycles. The summed E-state index contributed by atoms with van der Waals surface area (Å²) >= 11 is 0. The average molecular weight is 966 g/mol. The van der Waals surface area contributed by atoms with Gasteiger partial charge in [-0.25, -0.2) is 0 Å². The Morgan fingerprint density at radius 2 is 0.957 bits per heavy atom. The number of para-hydroxylation sites is 1. The Morgan fingerprint density at radius 1 is 0.571 bits per heavy atom. The third-order valence-electron chi connectivity index (χ3n) is 13.9. The van der Waals surface area contributed by atoms with Crippen LogP contribution >= 0.6 is 0 Å². The smallest absolute Gasteiger partial charge is 0.231 e. The van der Waals surface area contributed by atoms with E-state index in [4.69, 9.17) is 178 Å². The number of ketones is 1. The Morgan fingerprint density at radius 3 is 1.31 bits per heavy atom. The first-order valence-corrected chi connectivity index (χ1v) is 22.8. The zero-order chi connectivity index (χ0) is 52.6. The third-order valence-corrected chi connectivity index (χ3v) is 13.9. The summed E-state index contributed by atoms with van der Waals surface area (Å²) in [6.45, 7) is 1.11. The van der Waals surface area contributed by atoms with Gasteiger partial charge in [0.05, 0.1) is 54.0 Å². The van der Waals surface area contributed by atoms with Crippen LogP contribution in [0.3, 0.4) is 0 Å². The predicted molar refractivity (Wildman–Crippen MR) is 334 cm³/mol. The maximum absolute atomic E-state index is 13.3. The monoisotopic (exact) mass is 973 g/mol. The highest BCUT2D eigenvalue weighted by Gasteiger charge is 2.56. The first-order chi connectivity index (χ1) is 32.1. The van der Waals surface area contributed by atoms with Crippen LogP contribution in [-0.2, 0) is 17.6 Å². The molecule has 46 heteroatoms. The number of hydrogen-bond acceptors (Lipinski definition) is 6. The minimum Gasteiger partial charge on any atom is -1.00 e. The molecule has 0 aromatic heterocycles. The number of fused-ring (bicyclic) bond motifs is 2. The molecule has 70 heavy (non-hydrogen) atoms. The van der Waals surface area contributed by atoms with Crippen molar-refractivity contribution in [1.29, 1.82) is 0 Å². The van der Waals surface area contributed by atoms with Crippen molar-refractivity contribution in [1.82, 2.24) is 0 Å². The van der Waals surface area contributed by atoms with Crippen LogP contribution in [0.15, 0.2) is 24.3 Å². The van der Waals surface area contributed by atoms with E-state index in [1.807, 2.05) is 24.3 Å². The zero-order valence-electron chi connectivity index (χ0n) is 41.1. The number of ether oxygens (including phenoxy) is 5. The molecular weight excluding hydrogens is 936 g/mol. The van der Waals surface area contributed by atoms with Crippen LogP contribution in [0.2, 0.25) is 0 Å². The molecule has 288 valence electrons. The average Bonchev–Trinajstić information content (AvgIpc) is 3.70. The fraction of sp³-hybridized carbons (Fsp3) is 0.458. The number of methoxy groups -OCH3 is 3. The van der Waals surface area contributed by atoms with E-state index < -0.39 is 115 Å². The summed E-state index contributed by atoms with van der Waals surface area (Å²) in [6, 6.07) is 7.62. The van der Waals surface area contributed by atoms with E-state index in [1.54, 1.807) is 21.3 Å². The van der Waals surface area contributed by atoms with Gasteiger partial charge in [0.1, 0.15) is 11.8 Å². The minimum atomic E-state index is -1.20. The maximum Gasteiger partial charge on any atom is 0.231 e. The largest absolute Gasteiger partial charge is 1.00 e. The Bertz CT molecular complexity index is 1820. The lowest BCUT2D eigenvalue weighted by Gasteiger charge is -2.53. The Balaban J connectivity index is 0.000000480. The van der Waals surface area contributed by atoms with Gasteiger partial charge in [0, 0.05) is 288 Å². The first kappa shape index (κ1) is 66.4. The fourth-order valence-corrected chi connectivity index (χ4v) is 10.9. The van der Waals surface area contributed by atoms with E-state index in [2.05, 4.69) is 14.1 Å². The number of carbonyl (C=O) groups is 1. The number of Topliss-reactive ketones (excluding diaryl/α,β-unsaturated/α-hetero) is 1. The summed E-state index contributed by atoms with van der Waals surface area (Å²) in [5.41, 5.74) is 3.04. The summed E-state index contributed by atoms with van der Waals surface area (Å²) in [5.74, 6) is 3.41. The summed E-state index contributed by atoms with van der Waals surface area (Å²) in [5, 5.41) is 0. The van der Waals surface area contributed by atoms with Crippen molar-refractivity contribution in [2.45, 2.75) is 25.3 Å². The van der Waals surface area contributed by atoms with Crippen molar-refractivity contribution < 1.29 is 56.9 Å². The highest BCUT2D eigenvalue weighted by Crippen LogP contribution is 2.51. The molecule has 40 radical (unpaired) electrons. The van der Waals surface area contributed by atoms with Gasteiger partial charge in [0.25, 0.3) is 0 Å². The van der Waals surface area contributed by atoms with Crippen LogP contribution in [0.4, 0.5) is 0 Å². The van der Waals surface area contributed by atoms with Gasteiger partial charge in [0.15, 0.2) is 23.0 Å². The number of hydrogen-bond donors (Lipinski definition) is 0. The molecule has 0 bridgehead atoms. The summed E-state index contributed by atoms with van der Waals surface area (Å²) in [4.78, 5) is 13.3. The second kappa shape index (κ2) is 29.7. The van der Waals surface area contributed by atoms with Crippen molar-refractivity contribution in [3.05, 3.63) is 41.0 Å². The van der Waals surface area contributed by atoms with Gasteiger partial charge in [-0.3, -0.25) is 4.79 Å². The molecule has 0 N–H and O–H groups in total. The molecular formula is C24H30B38INO6. The molecule has 0 spiro atoms. The van der Waals surface area contributed by atoms with Gasteiger partial charge in [0.2, 0.25) is 12.5 Å². The number of quaternary nitrogens is 1. The van der Waals surface area contributed by atoms with Crippen LogP contribution in [0.1, 0.15) is 29.2 Å². The molecule has 0 amide bonds. The van der Waals surface area contributed by atoms with Gasteiger partial charge in [-0.1, -0.05) is 12.1 Å². The number of carbonyl (C=O) groups excluding carboxylic acids is 1. The topological polar surface area (TPSA) is 63.2 Å². The first-order valence-electron chi connectivity index (χ1n) is 22.8. The summed E-state index contributed by atoms with van der Waals surface area (Å²) in [7, 11) is 133. The molecule has 7 nitrogen and oxygen atoms in total. The number of rotatable bonds is 24. The maximum atomic E-state index is 13.3. The number of likely N-dealkylation sites (N-methyl/N-ethyl adjacent to an activating group) is 1. The molecule has 1 unspecified atom stereocenters. The van der Waals surface area contributed by atoms with Gasteiger partial charge >= 0.3 is 0 Å². The van der Waals surface area contributed by atoms with Crippen LogP contribution in [0, 0.1) is 0 Å². The lowest BCUT2D eigenvalue weighted by molar-refractivity contribution is -0.922. The fourth-order valence-electron chi connectivity index (χ4n) is 10.9. The number of nitrogens with zero attached hydrogens (tertiary/aromatic N) is 1. The SMILES string of the molecule is COc1cccc(CC(=O)CC2c3c(cc4c(c3OC)OCO4)CC[N+]2(C)C)c1OC.[B]B([B])B(B([B])[B])B(B(B([B])[B])B([B])[B])B(B(B([B])[B])B([B])[B])B(B(B([B])[B])B([B])[B])B(B([B])[B])B([B])[B].[I-]. The second-order valence-corrected chi connectivity index (χ2v) is 18.9. The van der Waals surface area contributed by atoms with Crippen LogP contribution < -0.4 is 47.7 Å². The molecule has 4 rings (SSSR count). The molecule has 0 saturated carbocycles. The quantitative estimate of drug-likeness (QED) is 0.0593. The predicted octanol–water partition coefficient (Wildman–Crippen LogP) is -14.1. The van der Waals surface area contributed by atoms with Gasteiger partial charge < -0.3 is 52.1 Å². The normalized spacial score (nSPS) is 13.3. The van der Waals surface area contributed by atoms with Crippen molar-refractivity contribution in [2.75, 3.05) is 48.8 Å². The Labute approximate surface area is 472 Å². The van der Waals surface area contributed by atoms with Crippen molar-refractivity contribution in [2.24, 2.45) is 0 Å². The third kappa shape index (κ3) is 16.2. The van der Waals surface area contributed by atoms with E-state index in [0.717, 1.165) is 29.7 Å². The molecule has 2 aliphatic heterocycles. The molecule has 0 saturated heterocycles. The zero-order valence-corrected chi connectivity index (χ0v) is 43.3. The Kier molecular flexibility index (Phi) is 28.2. The molecule has 0 aliphatic carbocycles. The number of halogens is 1. The van der Waals surface area contributed by atoms with Gasteiger partial charge in [-0.05, 0) is 17.7 Å². The summed E-state index contributed by atoms with van der Waals surface area (Å²) < 4.78 is 28.7. The summed E-state index contributed by atoms with van der Waals surface area (Å²) in [6.07, 6.45) is -18.5. The molecule has 2 aromatic rings. The van der Waals surface area contributed by atoms with Gasteiger partial charge in [-0.2, -0.15) is 0 Å². The minimum absolute atomic E-state index is 0. The Hall–Kier alpha value is 0.268. The highest BCUT2D eigenvalue weighted by atomic mass is 127. The van der Waals surface area contributed by atoms with Crippen molar-refractivity contribution in [3.63, 3.8) is 0 Å². The van der Waals surface area contributed by atoms with E-state index in [-0.39, 0.29) is 49.0 Å². The lowest BCUT2D eigenvalue weighted by Crippen LogP contribution is -3.00. The highest BCUT2D eigenvalue weighted by molar-refractivity contribution is 8.31. The molecule has 2 heterocycles. The van der Waals surface area contributed by atoms with E-state index in [0.29, 0.717) is 39.7 Å². The van der Waals surface area contributed by atoms with Gasteiger partial charge in [-0.15, -0.1) is 0 Å². The van der Waals surface area contributed by atoms with Crippen molar-refractivity contribution in [3.8, 4) is 28.7 Å². The number of benzene rings is 2. The standard InChI is InChI=1S/C24H30NO6.B38.HI/c1-25(2)10-9-15-12-20-23(31-14-30-20)24(29-5)21(15)18(25)13-17(26)11-16-7-6-8-19(27-3)22(16)28-4;1-21(2)31(22(3)4)36(32(23(5)6)24(7)8)38(35(29(17)18)30(19)20)37(33(25(9)10)26(11)12)34(27(13)14)28(15)16;/h6-8,12,18H,9-11,13-14H2,1-5H3;;1H/q+1;;/p-1.